The van der Waals surface area contributed by atoms with Gasteiger partial charge in [-0.1, -0.05) is 6.92 Å². The summed E-state index contributed by atoms with van der Waals surface area (Å²) in [6, 6.07) is 0.656. The third-order valence-electron chi connectivity index (χ3n) is 3.00. The molecule has 0 bridgehead atoms. The molecule has 3 nitrogen and oxygen atoms in total. The minimum Gasteiger partial charge on any atom is -0.314 e. The second-order valence-electron chi connectivity index (χ2n) is 4.51. The van der Waals surface area contributed by atoms with Crippen LogP contribution in [0.2, 0.25) is 0 Å². The Morgan fingerprint density at radius 2 is 2.50 bits per heavy atom. The molecule has 1 N–H and O–H groups in total. The molecule has 1 aliphatic rings. The molecule has 14 heavy (non-hydrogen) atoms. The molecule has 1 aliphatic heterocycles. The molecule has 2 heterocycles. The predicted octanol–water partition coefficient (Wildman–Crippen LogP) is 1.35. The minimum absolute atomic E-state index is 0.656. The van der Waals surface area contributed by atoms with E-state index in [2.05, 4.69) is 23.5 Å². The highest BCUT2D eigenvalue weighted by Gasteiger charge is 2.18. The van der Waals surface area contributed by atoms with Crippen molar-refractivity contribution in [2.75, 3.05) is 6.54 Å². The molecule has 0 amide bonds. The van der Waals surface area contributed by atoms with Gasteiger partial charge in [0.2, 0.25) is 0 Å². The monoisotopic (exact) mass is 193 g/mol. The molecule has 3 heteroatoms. The minimum atomic E-state index is 0.656. The third-order valence-corrected chi connectivity index (χ3v) is 3.00. The first kappa shape index (κ1) is 9.71. The number of rotatable bonds is 2. The van der Waals surface area contributed by atoms with Crippen LogP contribution in [0.1, 0.15) is 25.3 Å². The second kappa shape index (κ2) is 4.13. The highest BCUT2D eigenvalue weighted by Crippen LogP contribution is 2.17. The van der Waals surface area contributed by atoms with E-state index < -0.39 is 0 Å². The van der Waals surface area contributed by atoms with Crippen molar-refractivity contribution in [2.24, 2.45) is 13.0 Å². The molecular weight excluding hydrogens is 174 g/mol. The zero-order valence-corrected chi connectivity index (χ0v) is 9.03. The highest BCUT2D eigenvalue weighted by atomic mass is 15.2. The molecule has 78 valence electrons. The van der Waals surface area contributed by atoms with Gasteiger partial charge < -0.3 is 5.32 Å². The van der Waals surface area contributed by atoms with Gasteiger partial charge in [0.15, 0.2) is 0 Å². The maximum absolute atomic E-state index is 4.19. The van der Waals surface area contributed by atoms with Gasteiger partial charge in [0.25, 0.3) is 0 Å². The first-order valence-corrected chi connectivity index (χ1v) is 5.45. The van der Waals surface area contributed by atoms with Crippen LogP contribution in [-0.2, 0) is 13.5 Å². The summed E-state index contributed by atoms with van der Waals surface area (Å²) in [5.41, 5.74) is 1.35. The topological polar surface area (TPSA) is 29.9 Å². The predicted molar refractivity (Wildman–Crippen MR) is 57.1 cm³/mol. The highest BCUT2D eigenvalue weighted by molar-refractivity contribution is 5.06. The van der Waals surface area contributed by atoms with E-state index in [1.807, 2.05) is 17.9 Å². The van der Waals surface area contributed by atoms with E-state index in [-0.39, 0.29) is 0 Å². The lowest BCUT2D eigenvalue weighted by atomic mass is 9.91. The first-order valence-electron chi connectivity index (χ1n) is 5.45. The molecule has 0 radical (unpaired) electrons. The average molecular weight is 193 g/mol. The van der Waals surface area contributed by atoms with E-state index in [0.29, 0.717) is 6.04 Å². The Hall–Kier alpha value is -0.830. The summed E-state index contributed by atoms with van der Waals surface area (Å²) in [4.78, 5) is 0. The van der Waals surface area contributed by atoms with Crippen LogP contribution in [0.3, 0.4) is 0 Å². The van der Waals surface area contributed by atoms with E-state index in [1.54, 1.807) is 0 Å². The molecule has 0 spiro atoms. The Morgan fingerprint density at radius 3 is 3.14 bits per heavy atom. The number of hydrogen-bond donors (Lipinski definition) is 1. The molecule has 2 atom stereocenters. The van der Waals surface area contributed by atoms with Gasteiger partial charge in [0, 0.05) is 19.3 Å². The van der Waals surface area contributed by atoms with Crippen molar-refractivity contribution in [1.82, 2.24) is 15.1 Å². The quantitative estimate of drug-likeness (QED) is 0.768. The molecule has 1 aromatic heterocycles. The van der Waals surface area contributed by atoms with Crippen molar-refractivity contribution in [3.8, 4) is 0 Å². The number of nitrogens with zero attached hydrogens (tertiary/aromatic N) is 2. The average Bonchev–Trinajstić information content (AvgIpc) is 2.51. The molecule has 1 fully saturated rings. The van der Waals surface area contributed by atoms with Crippen LogP contribution in [0.5, 0.6) is 0 Å². The molecule has 0 aliphatic carbocycles. The van der Waals surface area contributed by atoms with Crippen molar-refractivity contribution < 1.29 is 0 Å². The van der Waals surface area contributed by atoms with Gasteiger partial charge in [-0.2, -0.15) is 5.10 Å². The maximum Gasteiger partial charge on any atom is 0.0522 e. The summed E-state index contributed by atoms with van der Waals surface area (Å²) in [5.74, 6) is 0.873. The molecule has 2 unspecified atom stereocenters. The number of nitrogens with one attached hydrogen (secondary N) is 1. The summed E-state index contributed by atoms with van der Waals surface area (Å²) >= 11 is 0. The fraction of sp³-hybridized carbons (Fsp3) is 0.727. The first-order chi connectivity index (χ1) is 6.74. The van der Waals surface area contributed by atoms with Crippen molar-refractivity contribution in [1.29, 1.82) is 0 Å². The van der Waals surface area contributed by atoms with Gasteiger partial charge in [-0.15, -0.1) is 0 Å². The smallest absolute Gasteiger partial charge is 0.0522 e. The number of piperidine rings is 1. The zero-order chi connectivity index (χ0) is 9.97. The van der Waals surface area contributed by atoms with Crippen LogP contribution in [0.4, 0.5) is 0 Å². The molecule has 0 aromatic carbocycles. The Labute approximate surface area is 85.5 Å². The van der Waals surface area contributed by atoms with Gasteiger partial charge in [0.1, 0.15) is 0 Å². The van der Waals surface area contributed by atoms with E-state index >= 15 is 0 Å². The zero-order valence-electron chi connectivity index (χ0n) is 9.03. The Morgan fingerprint density at radius 1 is 1.64 bits per heavy atom. The molecular formula is C11H19N3. The van der Waals surface area contributed by atoms with Crippen LogP contribution < -0.4 is 5.32 Å². The van der Waals surface area contributed by atoms with Crippen LogP contribution in [-0.4, -0.2) is 22.4 Å². The maximum atomic E-state index is 4.19. The largest absolute Gasteiger partial charge is 0.314 e. The van der Waals surface area contributed by atoms with E-state index in [9.17, 15) is 0 Å². The van der Waals surface area contributed by atoms with E-state index in [1.165, 1.54) is 24.9 Å². The summed E-state index contributed by atoms with van der Waals surface area (Å²) < 4.78 is 1.88. The summed E-state index contributed by atoms with van der Waals surface area (Å²) in [6.45, 7) is 3.52. The van der Waals surface area contributed by atoms with Gasteiger partial charge in [-0.3, -0.25) is 4.68 Å². The number of hydrogen-bond acceptors (Lipinski definition) is 2. The fourth-order valence-electron chi connectivity index (χ4n) is 2.24. The Balaban J connectivity index is 1.90. The van der Waals surface area contributed by atoms with Gasteiger partial charge in [-0.05, 0) is 37.3 Å². The molecule has 0 saturated carbocycles. The van der Waals surface area contributed by atoms with Crippen molar-refractivity contribution in [2.45, 2.75) is 32.2 Å². The van der Waals surface area contributed by atoms with Crippen molar-refractivity contribution >= 4 is 0 Å². The standard InChI is InChI=1S/C11H19N3/c1-9-3-4-12-11(5-9)6-10-7-13-14(2)8-10/h7-9,11-12H,3-6H2,1-2H3. The van der Waals surface area contributed by atoms with E-state index in [4.69, 9.17) is 0 Å². The van der Waals surface area contributed by atoms with Crippen LogP contribution in [0.25, 0.3) is 0 Å². The summed E-state index contributed by atoms with van der Waals surface area (Å²) in [6.07, 6.45) is 7.83. The van der Waals surface area contributed by atoms with Crippen molar-refractivity contribution in [3.05, 3.63) is 18.0 Å². The molecule has 1 aromatic rings. The van der Waals surface area contributed by atoms with Crippen molar-refractivity contribution in [3.63, 3.8) is 0 Å². The number of aryl methyl sites for hydroxylation is 1. The van der Waals surface area contributed by atoms with Gasteiger partial charge in [0.05, 0.1) is 6.20 Å². The molecule has 2 rings (SSSR count). The lowest BCUT2D eigenvalue weighted by Crippen LogP contribution is -2.38. The Bertz CT molecular complexity index is 292. The normalized spacial score (nSPS) is 27.9. The fourth-order valence-corrected chi connectivity index (χ4v) is 2.24. The van der Waals surface area contributed by atoms with Gasteiger partial charge in [-0.25, -0.2) is 0 Å². The summed E-state index contributed by atoms with van der Waals surface area (Å²) in [5, 5.41) is 7.76. The van der Waals surface area contributed by atoms with Gasteiger partial charge >= 0.3 is 0 Å². The van der Waals surface area contributed by atoms with Crippen LogP contribution in [0, 0.1) is 5.92 Å². The third kappa shape index (κ3) is 2.35. The SMILES string of the molecule is CC1CCNC(Cc2cnn(C)c2)C1. The Kier molecular flexibility index (Phi) is 2.87. The van der Waals surface area contributed by atoms with E-state index in [0.717, 1.165) is 12.3 Å². The van der Waals surface area contributed by atoms with Crippen LogP contribution >= 0.6 is 0 Å². The second-order valence-corrected chi connectivity index (χ2v) is 4.51. The molecule has 1 saturated heterocycles. The summed E-state index contributed by atoms with van der Waals surface area (Å²) in [7, 11) is 1.97. The van der Waals surface area contributed by atoms with Crippen LogP contribution in [0.15, 0.2) is 12.4 Å². The lowest BCUT2D eigenvalue weighted by Gasteiger charge is -2.27. The lowest BCUT2D eigenvalue weighted by molar-refractivity contribution is 0.318. The number of aromatic nitrogens is 2.